The van der Waals surface area contributed by atoms with E-state index in [-0.39, 0.29) is 0 Å². The fourth-order valence-electron chi connectivity index (χ4n) is 2.25. The molecule has 0 aliphatic carbocycles. The summed E-state index contributed by atoms with van der Waals surface area (Å²) in [6.07, 6.45) is 23.8. The van der Waals surface area contributed by atoms with Crippen molar-refractivity contribution in [2.45, 2.75) is 96.8 Å². The summed E-state index contributed by atoms with van der Waals surface area (Å²) in [7, 11) is 0. The Balaban J connectivity index is 3.00. The molecule has 0 nitrogen and oxygen atoms in total. The molecule has 0 aromatic heterocycles. The number of rotatable bonds is 14. The summed E-state index contributed by atoms with van der Waals surface area (Å²) >= 11 is 0. The van der Waals surface area contributed by atoms with E-state index in [2.05, 4.69) is 26.0 Å². The molecule has 1 radical (unpaired) electrons. The smallest absolute Gasteiger partial charge is 0.0351 e. The highest BCUT2D eigenvalue weighted by Crippen LogP contribution is 2.09. The van der Waals surface area contributed by atoms with Crippen molar-refractivity contribution >= 4 is 0 Å². The lowest BCUT2D eigenvalue weighted by atomic mass is 10.1. The maximum Gasteiger partial charge on any atom is -0.0351 e. The van der Waals surface area contributed by atoms with E-state index in [0.29, 0.717) is 0 Å². The molecule has 0 spiro atoms. The van der Waals surface area contributed by atoms with Crippen LogP contribution in [0.4, 0.5) is 0 Å². The first kappa shape index (κ1) is 17.7. The van der Waals surface area contributed by atoms with Crippen molar-refractivity contribution in [3.63, 3.8) is 0 Å². The maximum atomic E-state index is 3.87. The monoisotopic (exact) mass is 251 g/mol. The van der Waals surface area contributed by atoms with Gasteiger partial charge in [0, 0.05) is 0 Å². The van der Waals surface area contributed by atoms with E-state index in [1.54, 1.807) is 0 Å². The lowest BCUT2D eigenvalue weighted by Gasteiger charge is -1.99. The van der Waals surface area contributed by atoms with Crippen LogP contribution in [0.1, 0.15) is 96.8 Å². The summed E-state index contributed by atoms with van der Waals surface area (Å²) in [5, 5.41) is 0. The fourth-order valence-corrected chi connectivity index (χ4v) is 2.25. The lowest BCUT2D eigenvalue weighted by molar-refractivity contribution is 0.591. The van der Waals surface area contributed by atoms with Crippen molar-refractivity contribution < 1.29 is 0 Å². The molecule has 0 heterocycles. The Morgan fingerprint density at radius 3 is 1.56 bits per heavy atom. The minimum atomic E-state index is 1.11. The second-order valence-electron chi connectivity index (χ2n) is 5.44. The largest absolute Gasteiger partial charge is 0.0885 e. The molecule has 0 N–H and O–H groups in total. The normalized spacial score (nSPS) is 11.4. The zero-order valence-electron chi connectivity index (χ0n) is 12.8. The molecule has 0 unspecified atom stereocenters. The van der Waals surface area contributed by atoms with E-state index in [4.69, 9.17) is 0 Å². The predicted octanol–water partition coefficient (Wildman–Crippen LogP) is 6.86. The molecule has 0 aliphatic heterocycles. The van der Waals surface area contributed by atoms with Gasteiger partial charge in [-0.3, -0.25) is 0 Å². The van der Waals surface area contributed by atoms with Crippen molar-refractivity contribution in [1.82, 2.24) is 0 Å². The first-order chi connectivity index (χ1) is 8.91. The van der Waals surface area contributed by atoms with Gasteiger partial charge in [-0.05, 0) is 25.7 Å². The summed E-state index contributed by atoms with van der Waals surface area (Å²) in [4.78, 5) is 0. The second kappa shape index (κ2) is 16.7. The van der Waals surface area contributed by atoms with Crippen molar-refractivity contribution in [3.8, 4) is 0 Å². The molecule has 0 heteroatoms. The van der Waals surface area contributed by atoms with Crippen molar-refractivity contribution in [2.75, 3.05) is 0 Å². The summed E-state index contributed by atoms with van der Waals surface area (Å²) < 4.78 is 0. The first-order valence-corrected chi connectivity index (χ1v) is 8.36. The molecule has 0 bridgehead atoms. The van der Waals surface area contributed by atoms with E-state index in [9.17, 15) is 0 Å². The number of unbranched alkanes of at least 4 members (excludes halogenated alkanes) is 12. The molecule has 0 saturated carbocycles. The topological polar surface area (TPSA) is 0 Å². The predicted molar refractivity (Wildman–Crippen MR) is 84.8 cm³/mol. The van der Waals surface area contributed by atoms with Crippen LogP contribution in [-0.2, 0) is 0 Å². The maximum absolute atomic E-state index is 3.87. The highest BCUT2D eigenvalue weighted by molar-refractivity contribution is 4.81. The van der Waals surface area contributed by atoms with Gasteiger partial charge in [-0.2, -0.15) is 0 Å². The first-order valence-electron chi connectivity index (χ1n) is 8.36. The third kappa shape index (κ3) is 15.7. The Labute approximate surface area is 116 Å². The summed E-state index contributed by atoms with van der Waals surface area (Å²) in [5.74, 6) is 0. The molecule has 0 saturated heterocycles. The van der Waals surface area contributed by atoms with Crippen LogP contribution in [-0.4, -0.2) is 0 Å². The lowest BCUT2D eigenvalue weighted by Crippen LogP contribution is -1.79. The third-order valence-electron chi connectivity index (χ3n) is 3.51. The van der Waals surface area contributed by atoms with Crippen LogP contribution < -0.4 is 0 Å². The Bertz CT molecular complexity index is 157. The van der Waals surface area contributed by atoms with Gasteiger partial charge in [-0.15, -0.1) is 0 Å². The van der Waals surface area contributed by atoms with Gasteiger partial charge in [0.05, 0.1) is 0 Å². The molecule has 0 aliphatic rings. The van der Waals surface area contributed by atoms with Gasteiger partial charge in [0.25, 0.3) is 0 Å². The SMILES string of the molecule is [CH2]CCCCCCC=CCCCCCCCCC. The van der Waals surface area contributed by atoms with Crippen molar-refractivity contribution in [2.24, 2.45) is 0 Å². The molecule has 18 heavy (non-hydrogen) atoms. The quantitative estimate of drug-likeness (QED) is 0.234. The van der Waals surface area contributed by atoms with Gasteiger partial charge in [0.1, 0.15) is 0 Å². The van der Waals surface area contributed by atoms with E-state index >= 15 is 0 Å². The van der Waals surface area contributed by atoms with Crippen LogP contribution >= 0.6 is 0 Å². The van der Waals surface area contributed by atoms with Gasteiger partial charge >= 0.3 is 0 Å². The van der Waals surface area contributed by atoms with Gasteiger partial charge in [-0.1, -0.05) is 90.2 Å². The van der Waals surface area contributed by atoms with Crippen molar-refractivity contribution in [1.29, 1.82) is 0 Å². The number of hydrogen-bond donors (Lipinski definition) is 0. The van der Waals surface area contributed by atoms with Crippen LogP contribution in [0.3, 0.4) is 0 Å². The summed E-state index contributed by atoms with van der Waals surface area (Å²) in [5.41, 5.74) is 0. The molecule has 0 amide bonds. The van der Waals surface area contributed by atoms with E-state index < -0.39 is 0 Å². The molecule has 0 aromatic rings. The van der Waals surface area contributed by atoms with Crippen LogP contribution in [0.15, 0.2) is 12.2 Å². The standard InChI is InChI=1S/C18H35/c1-3-5-7-9-11-13-15-17-18-16-14-12-10-8-6-4-2/h15,17H,1,3-14,16,18H2,2H3. The number of hydrogen-bond acceptors (Lipinski definition) is 0. The summed E-state index contributed by atoms with van der Waals surface area (Å²) in [6, 6.07) is 0. The van der Waals surface area contributed by atoms with E-state index in [1.807, 2.05) is 0 Å². The third-order valence-corrected chi connectivity index (χ3v) is 3.51. The highest BCUT2D eigenvalue weighted by Gasteiger charge is 1.89. The Morgan fingerprint density at radius 1 is 0.611 bits per heavy atom. The zero-order chi connectivity index (χ0) is 13.3. The molecule has 0 fully saturated rings. The van der Waals surface area contributed by atoms with Crippen molar-refractivity contribution in [3.05, 3.63) is 19.1 Å². The van der Waals surface area contributed by atoms with E-state index in [0.717, 1.165) is 6.42 Å². The van der Waals surface area contributed by atoms with Gasteiger partial charge in [-0.25, -0.2) is 0 Å². The minimum Gasteiger partial charge on any atom is -0.0885 e. The van der Waals surface area contributed by atoms with Crippen LogP contribution in [0.25, 0.3) is 0 Å². The zero-order valence-corrected chi connectivity index (χ0v) is 12.8. The minimum absolute atomic E-state index is 1.11. The van der Waals surface area contributed by atoms with Crippen LogP contribution in [0.5, 0.6) is 0 Å². The van der Waals surface area contributed by atoms with Crippen LogP contribution in [0, 0.1) is 6.92 Å². The molecule has 0 aromatic carbocycles. The van der Waals surface area contributed by atoms with Gasteiger partial charge < -0.3 is 0 Å². The van der Waals surface area contributed by atoms with E-state index in [1.165, 1.54) is 83.5 Å². The molecular weight excluding hydrogens is 216 g/mol. The van der Waals surface area contributed by atoms with Gasteiger partial charge in [0.15, 0.2) is 0 Å². The van der Waals surface area contributed by atoms with Gasteiger partial charge in [0.2, 0.25) is 0 Å². The number of allylic oxidation sites excluding steroid dienone is 2. The fraction of sp³-hybridized carbons (Fsp3) is 0.833. The Hall–Kier alpha value is -0.260. The highest BCUT2D eigenvalue weighted by atomic mass is 14.0. The average molecular weight is 251 g/mol. The average Bonchev–Trinajstić information content (AvgIpc) is 2.39. The summed E-state index contributed by atoms with van der Waals surface area (Å²) in [6.45, 7) is 6.15. The Kier molecular flexibility index (Phi) is 16.5. The molecule has 0 atom stereocenters. The van der Waals surface area contributed by atoms with Crippen LogP contribution in [0.2, 0.25) is 0 Å². The second-order valence-corrected chi connectivity index (χ2v) is 5.44. The molecule has 0 rings (SSSR count). The Morgan fingerprint density at radius 2 is 1.06 bits per heavy atom. The molecule has 107 valence electrons. The molecular formula is C18H35.